The summed E-state index contributed by atoms with van der Waals surface area (Å²) in [6.45, 7) is 1.30. The Labute approximate surface area is 118 Å². The number of nitrogen functional groups attached to an aromatic ring is 1. The first-order chi connectivity index (χ1) is 9.24. The molecule has 0 radical (unpaired) electrons. The van der Waals surface area contributed by atoms with Crippen LogP contribution >= 0.6 is 15.9 Å². The molecule has 6 heteroatoms. The molecule has 3 rings (SSSR count). The lowest BCUT2D eigenvalue weighted by molar-refractivity contribution is 0.296. The predicted molar refractivity (Wildman–Crippen MR) is 75.2 cm³/mol. The van der Waals surface area contributed by atoms with Crippen LogP contribution in [0.3, 0.4) is 0 Å². The van der Waals surface area contributed by atoms with Crippen molar-refractivity contribution in [2.45, 2.75) is 6.42 Å². The molecule has 1 aliphatic rings. The molecule has 0 bridgehead atoms. The number of hydrogen-bond donors (Lipinski definition) is 1. The van der Waals surface area contributed by atoms with Gasteiger partial charge in [0.25, 0.3) is 0 Å². The third-order valence-electron chi connectivity index (χ3n) is 2.73. The van der Waals surface area contributed by atoms with Crippen LogP contribution < -0.4 is 15.2 Å². The summed E-state index contributed by atoms with van der Waals surface area (Å²) < 4.78 is 12.2. The topological polar surface area (TPSA) is 70.3 Å². The summed E-state index contributed by atoms with van der Waals surface area (Å²) in [5, 5.41) is 0. The Bertz CT molecular complexity index is 602. The first-order valence-electron chi connectivity index (χ1n) is 5.91. The van der Waals surface area contributed by atoms with Crippen LogP contribution in [-0.4, -0.2) is 23.2 Å². The van der Waals surface area contributed by atoms with Gasteiger partial charge in [0.1, 0.15) is 0 Å². The summed E-state index contributed by atoms with van der Waals surface area (Å²) >= 11 is 3.49. The molecule has 0 amide bonds. The van der Waals surface area contributed by atoms with Gasteiger partial charge < -0.3 is 15.2 Å². The van der Waals surface area contributed by atoms with E-state index in [2.05, 4.69) is 25.9 Å². The van der Waals surface area contributed by atoms with Crippen molar-refractivity contribution in [2.75, 3.05) is 18.9 Å². The summed E-state index contributed by atoms with van der Waals surface area (Å²) in [7, 11) is 0. The zero-order valence-corrected chi connectivity index (χ0v) is 11.7. The first kappa shape index (κ1) is 12.2. The minimum atomic E-state index is 0.539. The van der Waals surface area contributed by atoms with Crippen LogP contribution in [0.4, 0.5) is 5.69 Å². The maximum atomic E-state index is 5.68. The summed E-state index contributed by atoms with van der Waals surface area (Å²) in [6.07, 6.45) is 4.04. The molecular weight excluding hydrogens is 310 g/mol. The van der Waals surface area contributed by atoms with E-state index in [0.717, 1.165) is 22.2 Å². The summed E-state index contributed by atoms with van der Waals surface area (Å²) in [5.74, 6) is 2.05. The molecule has 1 aliphatic heterocycles. The van der Waals surface area contributed by atoms with Crippen LogP contribution in [-0.2, 0) is 0 Å². The number of fused-ring (bicyclic) bond motifs is 1. The first-order valence-corrected chi connectivity index (χ1v) is 6.70. The van der Waals surface area contributed by atoms with Crippen LogP contribution in [0.2, 0.25) is 0 Å². The molecule has 2 aromatic rings. The molecule has 5 nitrogen and oxygen atoms in total. The average Bonchev–Trinajstić information content (AvgIpc) is 2.65. The van der Waals surface area contributed by atoms with E-state index in [1.165, 1.54) is 0 Å². The molecule has 0 spiro atoms. The van der Waals surface area contributed by atoms with Crippen LogP contribution in [0.25, 0.3) is 11.4 Å². The quantitative estimate of drug-likeness (QED) is 0.874. The SMILES string of the molecule is Nc1cnc(-c2cc(Br)c3c(c2)OCCCO3)nc1. The number of anilines is 1. The molecule has 0 atom stereocenters. The van der Waals surface area contributed by atoms with E-state index < -0.39 is 0 Å². The molecule has 0 aliphatic carbocycles. The van der Waals surface area contributed by atoms with Crippen LogP contribution in [0, 0.1) is 0 Å². The zero-order valence-electron chi connectivity index (χ0n) is 10.1. The van der Waals surface area contributed by atoms with Gasteiger partial charge in [-0.25, -0.2) is 9.97 Å². The Hall–Kier alpha value is -1.82. The van der Waals surface area contributed by atoms with Gasteiger partial charge in [0.2, 0.25) is 0 Å². The molecule has 0 saturated carbocycles. The fourth-order valence-electron chi connectivity index (χ4n) is 1.85. The summed E-state index contributed by atoms with van der Waals surface area (Å²) in [4.78, 5) is 8.42. The van der Waals surface area contributed by atoms with Gasteiger partial charge in [-0.3, -0.25) is 0 Å². The van der Waals surface area contributed by atoms with E-state index in [9.17, 15) is 0 Å². The molecule has 0 saturated heterocycles. The van der Waals surface area contributed by atoms with Crippen molar-refractivity contribution in [1.82, 2.24) is 9.97 Å². The normalized spacial score (nSPS) is 13.9. The van der Waals surface area contributed by atoms with Crippen molar-refractivity contribution in [3.63, 3.8) is 0 Å². The number of nitrogens with two attached hydrogens (primary N) is 1. The highest BCUT2D eigenvalue weighted by atomic mass is 79.9. The molecule has 98 valence electrons. The molecular formula is C13H12BrN3O2. The van der Waals surface area contributed by atoms with E-state index in [1.54, 1.807) is 12.4 Å². The summed E-state index contributed by atoms with van der Waals surface area (Å²) in [5.41, 5.74) is 6.98. The lowest BCUT2D eigenvalue weighted by atomic mass is 10.2. The van der Waals surface area contributed by atoms with E-state index in [4.69, 9.17) is 15.2 Å². The lowest BCUT2D eigenvalue weighted by Gasteiger charge is -2.11. The van der Waals surface area contributed by atoms with Gasteiger partial charge in [-0.1, -0.05) is 0 Å². The number of halogens is 1. The van der Waals surface area contributed by atoms with Gasteiger partial charge in [-0.15, -0.1) is 0 Å². The third kappa shape index (κ3) is 2.49. The van der Waals surface area contributed by atoms with Crippen molar-refractivity contribution in [2.24, 2.45) is 0 Å². The Kier molecular flexibility index (Phi) is 3.25. The number of nitrogens with zero attached hydrogens (tertiary/aromatic N) is 2. The number of rotatable bonds is 1. The fourth-order valence-corrected chi connectivity index (χ4v) is 2.40. The fraction of sp³-hybridized carbons (Fsp3) is 0.231. The monoisotopic (exact) mass is 321 g/mol. The van der Waals surface area contributed by atoms with Crippen molar-refractivity contribution in [3.8, 4) is 22.9 Å². The standard InChI is InChI=1S/C13H12BrN3O2/c14-10-4-8(13-16-6-9(15)7-17-13)5-11-12(10)19-3-1-2-18-11/h4-7H,1-3,15H2. The largest absolute Gasteiger partial charge is 0.489 e. The predicted octanol–water partition coefficient (Wildman–Crippen LogP) is 2.65. The van der Waals surface area contributed by atoms with E-state index in [-0.39, 0.29) is 0 Å². The average molecular weight is 322 g/mol. The Balaban J connectivity index is 2.06. The van der Waals surface area contributed by atoms with Crippen molar-refractivity contribution in [1.29, 1.82) is 0 Å². The molecule has 0 unspecified atom stereocenters. The van der Waals surface area contributed by atoms with Crippen LogP contribution in [0.5, 0.6) is 11.5 Å². The van der Waals surface area contributed by atoms with Gasteiger partial charge in [-0.05, 0) is 28.1 Å². The maximum absolute atomic E-state index is 5.68. The van der Waals surface area contributed by atoms with Gasteiger partial charge in [0, 0.05) is 12.0 Å². The van der Waals surface area contributed by atoms with Gasteiger partial charge in [-0.2, -0.15) is 0 Å². The number of aromatic nitrogens is 2. The van der Waals surface area contributed by atoms with Crippen LogP contribution in [0.1, 0.15) is 6.42 Å². The lowest BCUT2D eigenvalue weighted by Crippen LogP contribution is -1.97. The number of benzene rings is 1. The molecule has 2 heterocycles. The molecule has 19 heavy (non-hydrogen) atoms. The minimum absolute atomic E-state index is 0.539. The maximum Gasteiger partial charge on any atom is 0.175 e. The van der Waals surface area contributed by atoms with Crippen LogP contribution in [0.15, 0.2) is 29.0 Å². The van der Waals surface area contributed by atoms with E-state index in [0.29, 0.717) is 30.5 Å². The third-order valence-corrected chi connectivity index (χ3v) is 3.32. The zero-order chi connectivity index (χ0) is 13.2. The minimum Gasteiger partial charge on any atom is -0.489 e. The van der Waals surface area contributed by atoms with Crippen molar-refractivity contribution < 1.29 is 9.47 Å². The van der Waals surface area contributed by atoms with Gasteiger partial charge in [0.05, 0.1) is 35.8 Å². The second-order valence-corrected chi connectivity index (χ2v) is 5.03. The van der Waals surface area contributed by atoms with Gasteiger partial charge in [0.15, 0.2) is 17.3 Å². The van der Waals surface area contributed by atoms with Gasteiger partial charge >= 0.3 is 0 Å². The van der Waals surface area contributed by atoms with Crippen molar-refractivity contribution >= 4 is 21.6 Å². The smallest absolute Gasteiger partial charge is 0.175 e. The molecule has 1 aromatic heterocycles. The highest BCUT2D eigenvalue weighted by Crippen LogP contribution is 2.40. The number of hydrogen-bond acceptors (Lipinski definition) is 5. The van der Waals surface area contributed by atoms with E-state index in [1.807, 2.05) is 12.1 Å². The Morgan fingerprint density at radius 3 is 2.63 bits per heavy atom. The Morgan fingerprint density at radius 1 is 1.11 bits per heavy atom. The Morgan fingerprint density at radius 2 is 1.84 bits per heavy atom. The molecule has 2 N–H and O–H groups in total. The summed E-state index contributed by atoms with van der Waals surface area (Å²) in [6, 6.07) is 3.80. The number of ether oxygens (including phenoxy) is 2. The second-order valence-electron chi connectivity index (χ2n) is 4.18. The highest BCUT2D eigenvalue weighted by molar-refractivity contribution is 9.10. The highest BCUT2D eigenvalue weighted by Gasteiger charge is 2.16. The molecule has 0 fully saturated rings. The van der Waals surface area contributed by atoms with Crippen molar-refractivity contribution in [3.05, 3.63) is 29.0 Å². The second kappa shape index (κ2) is 5.05. The van der Waals surface area contributed by atoms with E-state index >= 15 is 0 Å². The molecule has 1 aromatic carbocycles.